The van der Waals surface area contributed by atoms with Crippen LogP contribution >= 0.6 is 0 Å². The highest BCUT2D eigenvalue weighted by Gasteiger charge is 2.59. The molecule has 2 N–H and O–H groups in total. The second-order valence-corrected chi connectivity index (χ2v) is 15.0. The summed E-state index contributed by atoms with van der Waals surface area (Å²) in [6, 6.07) is 0. The molecule has 0 atom stereocenters. The minimum atomic E-state index is -6.47. The number of primary sulfonamides is 2. The van der Waals surface area contributed by atoms with E-state index < -0.39 is 35.2 Å². The average molecular weight is 651 g/mol. The van der Waals surface area contributed by atoms with Crippen LogP contribution < -0.4 is 4.13 Å². The van der Waals surface area contributed by atoms with Crippen molar-refractivity contribution in [3.63, 3.8) is 0 Å². The topological polar surface area (TPSA) is 84.9 Å². The summed E-state index contributed by atoms with van der Waals surface area (Å²) in [7, 11) is -10.4. The fraction of sp³-hybridized carbons (Fsp3) is 1.00. The number of nitrogens with zero attached hydrogens (tertiary/aromatic N) is 1. The zero-order chi connectivity index (χ0) is 32.1. The highest BCUT2D eigenvalue weighted by atomic mass is 32.3. The molecular formula is C27H56F6N2O4S2+2. The lowest BCUT2D eigenvalue weighted by Crippen LogP contribution is -2.94. The summed E-state index contributed by atoms with van der Waals surface area (Å²) in [4.78, 5) is 0. The fourth-order valence-corrected chi connectivity index (χ4v) is 6.64. The Labute approximate surface area is 245 Å². The number of hydrogen-bond acceptors (Lipinski definition) is 4. The Balaban J connectivity index is 0. The van der Waals surface area contributed by atoms with Crippen molar-refractivity contribution in [3.05, 3.63) is 0 Å². The van der Waals surface area contributed by atoms with Gasteiger partial charge in [0.2, 0.25) is 0 Å². The largest absolute Gasteiger partial charge is 0.550 e. The van der Waals surface area contributed by atoms with Gasteiger partial charge in [0.25, 0.3) is 0 Å². The maximum absolute atomic E-state index is 11.5. The van der Waals surface area contributed by atoms with Crippen molar-refractivity contribution in [2.24, 2.45) is 0 Å². The molecule has 0 amide bonds. The molecule has 0 bridgehead atoms. The van der Waals surface area contributed by atoms with E-state index >= 15 is 0 Å². The number of sulfonamides is 2. The molecule has 0 saturated heterocycles. The summed E-state index contributed by atoms with van der Waals surface area (Å²) in [5, 5.41) is 0. The normalized spacial score (nSPS) is 13.2. The number of quaternary nitrogens is 2. The van der Waals surface area contributed by atoms with Crippen molar-refractivity contribution in [3.8, 4) is 0 Å². The maximum atomic E-state index is 11.5. The molecule has 0 unspecified atom stereocenters. The predicted octanol–water partition coefficient (Wildman–Crippen LogP) is 7.76. The third-order valence-corrected chi connectivity index (χ3v) is 10.4. The first-order chi connectivity index (χ1) is 18.9. The first-order valence-corrected chi connectivity index (χ1v) is 18.3. The van der Waals surface area contributed by atoms with Gasteiger partial charge in [-0.2, -0.15) is 43.2 Å². The van der Waals surface area contributed by atoms with Crippen LogP contribution in [-0.2, 0) is 20.0 Å². The molecule has 0 aliphatic carbocycles. The van der Waals surface area contributed by atoms with Gasteiger partial charge in [0.05, 0.1) is 26.7 Å². The van der Waals surface area contributed by atoms with Gasteiger partial charge in [0.15, 0.2) is 0 Å². The van der Waals surface area contributed by atoms with Crippen LogP contribution in [0.1, 0.15) is 136 Å². The number of alkyl halides is 6. The molecule has 0 aromatic carbocycles. The van der Waals surface area contributed by atoms with Gasteiger partial charge in [-0.3, -0.25) is 0 Å². The monoisotopic (exact) mass is 650 g/mol. The second kappa shape index (κ2) is 22.0. The molecule has 0 heterocycles. The van der Waals surface area contributed by atoms with E-state index in [9.17, 15) is 43.2 Å². The van der Waals surface area contributed by atoms with Gasteiger partial charge >= 0.3 is 31.1 Å². The molecule has 6 nitrogen and oxygen atoms in total. The van der Waals surface area contributed by atoms with Gasteiger partial charge in [-0.05, 0) is 38.5 Å². The fourth-order valence-electron chi connectivity index (χ4n) is 4.43. The molecule has 0 rings (SSSR count). The van der Waals surface area contributed by atoms with Crippen LogP contribution in [-0.4, -0.2) is 59.0 Å². The van der Waals surface area contributed by atoms with Crippen LogP contribution in [0.4, 0.5) is 26.3 Å². The lowest BCUT2D eigenvalue weighted by Gasteiger charge is -2.35. The Morgan fingerprint density at radius 3 is 0.902 bits per heavy atom. The van der Waals surface area contributed by atoms with Crippen molar-refractivity contribution in [1.29, 1.82) is 0 Å². The number of rotatable bonds is 23. The minimum absolute atomic E-state index is 1.36. The van der Waals surface area contributed by atoms with Gasteiger partial charge in [0, 0.05) is 0 Å². The van der Waals surface area contributed by atoms with Crippen molar-refractivity contribution in [2.45, 2.75) is 147 Å². The SMILES string of the molecule is CCCCCCCC[N+](C)(CCCCCCCC)CCCCCCCC.O=S(=O)([NH2+]S(=O)(=O)C(F)(F)F)C(F)(F)F. The lowest BCUT2D eigenvalue weighted by molar-refractivity contribution is -0.910. The molecule has 0 aromatic heterocycles. The molecule has 0 saturated carbocycles. The van der Waals surface area contributed by atoms with Crippen molar-refractivity contribution in [2.75, 3.05) is 26.7 Å². The summed E-state index contributed by atoms with van der Waals surface area (Å²) in [6.07, 6.45) is 25.9. The number of halogens is 6. The van der Waals surface area contributed by atoms with Gasteiger partial charge < -0.3 is 4.48 Å². The van der Waals surface area contributed by atoms with Crippen LogP contribution in [0, 0.1) is 0 Å². The van der Waals surface area contributed by atoms with E-state index in [-0.39, 0.29) is 0 Å². The van der Waals surface area contributed by atoms with Crippen molar-refractivity contribution in [1.82, 2.24) is 0 Å². The van der Waals surface area contributed by atoms with E-state index in [0.717, 1.165) is 0 Å². The van der Waals surface area contributed by atoms with Gasteiger partial charge in [-0.15, -0.1) is 4.13 Å². The maximum Gasteiger partial charge on any atom is 0.550 e. The van der Waals surface area contributed by atoms with Gasteiger partial charge in [-0.1, -0.05) is 97.8 Å². The Morgan fingerprint density at radius 1 is 0.463 bits per heavy atom. The standard InChI is InChI=1S/C25H54N.C2HF6NO4S2/c1-5-8-11-14-17-20-23-26(4,24-21-18-15-12-9-6-2)25-22-19-16-13-10-7-3;3-1(4,5)14(10,11)9-15(12,13)2(6,7)8/h5-25H2,1-4H3;9H/q+1;/p+1. The number of hydrogen-bond donors (Lipinski definition) is 1. The van der Waals surface area contributed by atoms with Crippen LogP contribution in [0.3, 0.4) is 0 Å². The molecule has 0 fully saturated rings. The summed E-state index contributed by atoms with van der Waals surface area (Å²) in [5.41, 5.74) is -12.2. The lowest BCUT2D eigenvalue weighted by atomic mass is 10.1. The second-order valence-electron chi connectivity index (χ2n) is 11.2. The average Bonchev–Trinajstić information content (AvgIpc) is 2.84. The van der Waals surface area contributed by atoms with Crippen molar-refractivity contribution < 1.29 is 51.8 Å². The Morgan fingerprint density at radius 2 is 0.683 bits per heavy atom. The highest BCUT2D eigenvalue weighted by Crippen LogP contribution is 2.23. The van der Waals surface area contributed by atoms with Gasteiger partial charge in [0.1, 0.15) is 0 Å². The summed E-state index contributed by atoms with van der Waals surface area (Å²) < 4.78 is 109. The van der Waals surface area contributed by atoms with E-state index in [4.69, 9.17) is 0 Å². The van der Waals surface area contributed by atoms with Crippen LogP contribution in [0.5, 0.6) is 0 Å². The van der Waals surface area contributed by atoms with Crippen LogP contribution in [0.15, 0.2) is 0 Å². The molecule has 14 heteroatoms. The van der Waals surface area contributed by atoms with E-state index in [2.05, 4.69) is 27.8 Å². The third-order valence-electron chi connectivity index (χ3n) is 7.05. The first-order valence-electron chi connectivity index (χ1n) is 15.2. The first kappa shape index (κ1) is 42.5. The Hall–Kier alpha value is -0.600. The Kier molecular flexibility index (Phi) is 22.8. The molecule has 0 aromatic rings. The zero-order valence-corrected chi connectivity index (χ0v) is 27.2. The predicted molar refractivity (Wildman–Crippen MR) is 153 cm³/mol. The van der Waals surface area contributed by atoms with Gasteiger partial charge in [-0.25, -0.2) is 0 Å². The number of nitrogens with two attached hydrogens (primary N) is 1. The zero-order valence-electron chi connectivity index (χ0n) is 25.6. The van der Waals surface area contributed by atoms with E-state index in [1.807, 2.05) is 0 Å². The minimum Gasteiger partial charge on any atom is -0.326 e. The summed E-state index contributed by atoms with van der Waals surface area (Å²) >= 11 is 0. The van der Waals surface area contributed by atoms with Crippen molar-refractivity contribution >= 4 is 20.0 Å². The molecule has 0 radical (unpaired) electrons. The van der Waals surface area contributed by atoms with E-state index in [0.29, 0.717) is 0 Å². The number of unbranched alkanes of at least 4 members (excludes halogenated alkanes) is 15. The molecular weight excluding hydrogens is 594 g/mol. The Bertz CT molecular complexity index is 766. The quantitative estimate of drug-likeness (QED) is 0.0696. The molecule has 0 spiro atoms. The van der Waals surface area contributed by atoms with Crippen LogP contribution in [0.25, 0.3) is 0 Å². The molecule has 0 aliphatic rings. The van der Waals surface area contributed by atoms with E-state index in [1.165, 1.54) is 140 Å². The van der Waals surface area contributed by atoms with E-state index in [1.54, 1.807) is 0 Å². The summed E-state index contributed by atoms with van der Waals surface area (Å²) in [6.45, 7) is 11.2. The highest BCUT2D eigenvalue weighted by molar-refractivity contribution is 7.97. The molecule has 250 valence electrons. The molecule has 0 aliphatic heterocycles. The van der Waals surface area contributed by atoms with Crippen LogP contribution in [0.2, 0.25) is 0 Å². The third kappa shape index (κ3) is 21.7. The summed E-state index contributed by atoms with van der Waals surface area (Å²) in [5.74, 6) is 0. The molecule has 41 heavy (non-hydrogen) atoms. The smallest absolute Gasteiger partial charge is 0.326 e.